The third-order valence-corrected chi connectivity index (χ3v) is 7.34. The monoisotopic (exact) mass is 392 g/mol. The van der Waals surface area contributed by atoms with Crippen molar-refractivity contribution in [2.45, 2.75) is 57.5 Å². The molecule has 1 unspecified atom stereocenters. The number of sulfone groups is 1. The van der Waals surface area contributed by atoms with Gasteiger partial charge in [0.1, 0.15) is 0 Å². The van der Waals surface area contributed by atoms with Gasteiger partial charge in [-0.05, 0) is 50.5 Å². The minimum Gasteiger partial charge on any atom is -0.349 e. The molecule has 1 aromatic carbocycles. The SMILES string of the molecule is CCN(C(=O)c1ccc(C(=O)NC2CCCCC2)cc1)C1CCS(=O)(=O)C1. The summed E-state index contributed by atoms with van der Waals surface area (Å²) in [4.78, 5) is 26.8. The van der Waals surface area contributed by atoms with Crippen LogP contribution in [0.5, 0.6) is 0 Å². The second-order valence-corrected chi connectivity index (χ2v) is 9.76. The van der Waals surface area contributed by atoms with Gasteiger partial charge in [-0.1, -0.05) is 19.3 Å². The van der Waals surface area contributed by atoms with E-state index in [0.29, 0.717) is 24.1 Å². The number of rotatable bonds is 5. The maximum atomic E-state index is 12.8. The van der Waals surface area contributed by atoms with Crippen molar-refractivity contribution in [2.24, 2.45) is 0 Å². The van der Waals surface area contributed by atoms with Gasteiger partial charge < -0.3 is 10.2 Å². The molecule has 0 spiro atoms. The zero-order valence-corrected chi connectivity index (χ0v) is 16.6. The highest BCUT2D eigenvalue weighted by Crippen LogP contribution is 2.21. The maximum absolute atomic E-state index is 12.8. The standard InChI is InChI=1S/C20H28N2O4S/c1-2-22(18-12-13-27(25,26)14-18)20(24)16-10-8-15(9-11-16)19(23)21-17-6-4-3-5-7-17/h8-11,17-18H,2-7,12-14H2,1H3,(H,21,23). The van der Waals surface area contributed by atoms with Crippen molar-refractivity contribution in [3.63, 3.8) is 0 Å². The lowest BCUT2D eigenvalue weighted by Crippen LogP contribution is -2.41. The highest BCUT2D eigenvalue weighted by Gasteiger charge is 2.34. The lowest BCUT2D eigenvalue weighted by atomic mass is 9.95. The van der Waals surface area contributed by atoms with Gasteiger partial charge in [0.15, 0.2) is 9.84 Å². The molecule has 0 bridgehead atoms. The molecule has 2 amide bonds. The number of carbonyl (C=O) groups is 2. The number of hydrogen-bond donors (Lipinski definition) is 1. The van der Waals surface area contributed by atoms with Crippen molar-refractivity contribution in [3.8, 4) is 0 Å². The van der Waals surface area contributed by atoms with Gasteiger partial charge in [-0.3, -0.25) is 9.59 Å². The smallest absolute Gasteiger partial charge is 0.254 e. The van der Waals surface area contributed by atoms with E-state index in [-0.39, 0.29) is 35.4 Å². The van der Waals surface area contributed by atoms with Gasteiger partial charge in [-0.25, -0.2) is 8.42 Å². The van der Waals surface area contributed by atoms with Crippen molar-refractivity contribution in [2.75, 3.05) is 18.1 Å². The van der Waals surface area contributed by atoms with E-state index in [1.807, 2.05) is 6.92 Å². The van der Waals surface area contributed by atoms with Gasteiger partial charge >= 0.3 is 0 Å². The summed E-state index contributed by atoms with van der Waals surface area (Å²) >= 11 is 0. The molecule has 0 aromatic heterocycles. The van der Waals surface area contributed by atoms with Crippen LogP contribution in [0.3, 0.4) is 0 Å². The maximum Gasteiger partial charge on any atom is 0.254 e. The van der Waals surface area contributed by atoms with E-state index in [0.717, 1.165) is 25.7 Å². The van der Waals surface area contributed by atoms with Crippen molar-refractivity contribution < 1.29 is 18.0 Å². The highest BCUT2D eigenvalue weighted by atomic mass is 32.2. The number of benzene rings is 1. The molecule has 1 heterocycles. The molecule has 1 aliphatic carbocycles. The molecule has 7 heteroatoms. The Bertz CT molecular complexity index is 783. The summed E-state index contributed by atoms with van der Waals surface area (Å²) in [7, 11) is -3.05. The highest BCUT2D eigenvalue weighted by molar-refractivity contribution is 7.91. The van der Waals surface area contributed by atoms with E-state index in [4.69, 9.17) is 0 Å². The summed E-state index contributed by atoms with van der Waals surface area (Å²) < 4.78 is 23.4. The first kappa shape index (κ1) is 19.9. The Kier molecular flexibility index (Phi) is 6.19. The molecule has 148 valence electrons. The van der Waals surface area contributed by atoms with Crippen molar-refractivity contribution in [1.82, 2.24) is 10.2 Å². The van der Waals surface area contributed by atoms with Crippen LogP contribution >= 0.6 is 0 Å². The van der Waals surface area contributed by atoms with Gasteiger partial charge in [-0.15, -0.1) is 0 Å². The van der Waals surface area contributed by atoms with Crippen LogP contribution in [-0.2, 0) is 9.84 Å². The molecule has 27 heavy (non-hydrogen) atoms. The largest absolute Gasteiger partial charge is 0.349 e. The Morgan fingerprint density at radius 1 is 1.04 bits per heavy atom. The van der Waals surface area contributed by atoms with E-state index in [1.165, 1.54) is 6.42 Å². The van der Waals surface area contributed by atoms with E-state index in [9.17, 15) is 18.0 Å². The van der Waals surface area contributed by atoms with Gasteiger partial charge in [0.25, 0.3) is 11.8 Å². The molecule has 1 N–H and O–H groups in total. The molecule has 1 aromatic rings. The van der Waals surface area contributed by atoms with E-state index in [2.05, 4.69) is 5.32 Å². The number of carbonyl (C=O) groups excluding carboxylic acids is 2. The zero-order valence-electron chi connectivity index (χ0n) is 15.8. The summed E-state index contributed by atoms with van der Waals surface area (Å²) in [5, 5.41) is 3.07. The Balaban J connectivity index is 1.64. The fraction of sp³-hybridized carbons (Fsp3) is 0.600. The van der Waals surface area contributed by atoms with E-state index in [1.54, 1.807) is 29.2 Å². The molecule has 0 radical (unpaired) electrons. The molecular weight excluding hydrogens is 364 g/mol. The molecule has 3 rings (SSSR count). The predicted octanol–water partition coefficient (Wildman–Crippen LogP) is 2.40. The van der Waals surface area contributed by atoms with Crippen LogP contribution in [0, 0.1) is 0 Å². The van der Waals surface area contributed by atoms with Gasteiger partial charge in [0, 0.05) is 29.8 Å². The second-order valence-electron chi connectivity index (χ2n) is 7.53. The Labute approximate surface area is 161 Å². The molecule has 1 atom stereocenters. The van der Waals surface area contributed by atoms with Crippen LogP contribution in [0.1, 0.15) is 66.2 Å². The van der Waals surface area contributed by atoms with Crippen LogP contribution in [-0.4, -0.2) is 55.3 Å². The molecule has 1 saturated heterocycles. The van der Waals surface area contributed by atoms with E-state index < -0.39 is 9.84 Å². The molecular formula is C20H28N2O4S. The minimum atomic E-state index is -3.05. The number of hydrogen-bond acceptors (Lipinski definition) is 4. The summed E-state index contributed by atoms with van der Waals surface area (Å²) in [5.74, 6) is -0.107. The van der Waals surface area contributed by atoms with Crippen molar-refractivity contribution in [1.29, 1.82) is 0 Å². The van der Waals surface area contributed by atoms with Crippen LogP contribution < -0.4 is 5.32 Å². The third-order valence-electron chi connectivity index (χ3n) is 5.59. The average molecular weight is 393 g/mol. The Hall–Kier alpha value is -1.89. The molecule has 2 fully saturated rings. The van der Waals surface area contributed by atoms with E-state index >= 15 is 0 Å². The molecule has 2 aliphatic rings. The Morgan fingerprint density at radius 3 is 2.22 bits per heavy atom. The third kappa shape index (κ3) is 4.89. The number of nitrogens with zero attached hydrogens (tertiary/aromatic N) is 1. The normalized spacial score (nSPS) is 22.3. The average Bonchev–Trinajstić information content (AvgIpc) is 3.02. The fourth-order valence-electron chi connectivity index (χ4n) is 4.03. The summed E-state index contributed by atoms with van der Waals surface area (Å²) in [6.45, 7) is 2.32. The first-order valence-electron chi connectivity index (χ1n) is 9.82. The summed E-state index contributed by atoms with van der Waals surface area (Å²) in [5.41, 5.74) is 1.03. The molecule has 6 nitrogen and oxygen atoms in total. The minimum absolute atomic E-state index is 0.0362. The first-order valence-corrected chi connectivity index (χ1v) is 11.6. The quantitative estimate of drug-likeness (QED) is 0.834. The Morgan fingerprint density at radius 2 is 1.67 bits per heavy atom. The predicted molar refractivity (Wildman–Crippen MR) is 105 cm³/mol. The summed E-state index contributed by atoms with van der Waals surface area (Å²) in [6.07, 6.45) is 6.09. The summed E-state index contributed by atoms with van der Waals surface area (Å²) in [6, 6.07) is 6.64. The fourth-order valence-corrected chi connectivity index (χ4v) is 5.77. The molecule has 1 saturated carbocycles. The van der Waals surface area contributed by atoms with Crippen LogP contribution in [0.4, 0.5) is 0 Å². The van der Waals surface area contributed by atoms with Crippen LogP contribution in [0.15, 0.2) is 24.3 Å². The lowest BCUT2D eigenvalue weighted by Gasteiger charge is -2.27. The van der Waals surface area contributed by atoms with Crippen molar-refractivity contribution >= 4 is 21.7 Å². The van der Waals surface area contributed by atoms with Gasteiger partial charge in [0.2, 0.25) is 0 Å². The van der Waals surface area contributed by atoms with Gasteiger partial charge in [0.05, 0.1) is 11.5 Å². The van der Waals surface area contributed by atoms with Crippen LogP contribution in [0.2, 0.25) is 0 Å². The topological polar surface area (TPSA) is 83.6 Å². The zero-order chi connectivity index (χ0) is 19.4. The first-order chi connectivity index (χ1) is 12.9. The molecule has 1 aliphatic heterocycles. The second kappa shape index (κ2) is 8.42. The van der Waals surface area contributed by atoms with Crippen LogP contribution in [0.25, 0.3) is 0 Å². The number of amides is 2. The van der Waals surface area contributed by atoms with Gasteiger partial charge in [-0.2, -0.15) is 0 Å². The van der Waals surface area contributed by atoms with Crippen molar-refractivity contribution in [3.05, 3.63) is 35.4 Å². The lowest BCUT2D eigenvalue weighted by molar-refractivity contribution is 0.0707. The number of nitrogens with one attached hydrogen (secondary N) is 1.